The summed E-state index contributed by atoms with van der Waals surface area (Å²) in [5, 5.41) is 3.90. The molecule has 0 spiro atoms. The van der Waals surface area contributed by atoms with Crippen LogP contribution in [-0.2, 0) is 16.0 Å². The van der Waals surface area contributed by atoms with Gasteiger partial charge in [-0.1, -0.05) is 6.07 Å². The molecular weight excluding hydrogens is 449 g/mol. The summed E-state index contributed by atoms with van der Waals surface area (Å²) in [6.45, 7) is 5.48. The number of carbonyl (C=O) groups is 1. The highest BCUT2D eigenvalue weighted by Gasteiger charge is 2.29. The molecule has 9 heteroatoms. The normalized spacial score (nSPS) is 20.3. The summed E-state index contributed by atoms with van der Waals surface area (Å²) < 4.78 is 26.2. The van der Waals surface area contributed by atoms with Crippen LogP contribution in [0.2, 0.25) is 0 Å². The second-order valence-electron chi connectivity index (χ2n) is 9.52. The minimum atomic E-state index is -0.746. The van der Waals surface area contributed by atoms with Crippen molar-refractivity contribution < 1.29 is 18.7 Å². The Bertz CT molecular complexity index is 1180. The molecule has 1 unspecified atom stereocenters. The number of fused-ring (bicyclic) bond motifs is 1. The molecule has 4 N–H and O–H groups in total. The zero-order valence-electron chi connectivity index (χ0n) is 19.9. The highest BCUT2D eigenvalue weighted by atomic mass is 19.1. The minimum Gasteiger partial charge on any atom is -0.453 e. The molecule has 2 atom stereocenters. The number of nitrogens with one attached hydrogen (secondary N) is 2. The lowest BCUT2D eigenvalue weighted by molar-refractivity contribution is -0.123. The van der Waals surface area contributed by atoms with Crippen molar-refractivity contribution in [3.05, 3.63) is 53.6 Å². The minimum absolute atomic E-state index is 0.110. The van der Waals surface area contributed by atoms with E-state index in [1.54, 1.807) is 24.4 Å². The molecule has 1 amide bonds. The Hall–Kier alpha value is -3.01. The van der Waals surface area contributed by atoms with Gasteiger partial charge in [-0.15, -0.1) is 0 Å². The first-order chi connectivity index (χ1) is 17.0. The molecule has 0 aliphatic carbocycles. The van der Waals surface area contributed by atoms with Crippen molar-refractivity contribution in [3.8, 4) is 11.5 Å². The number of aromatic nitrogens is 2. The summed E-state index contributed by atoms with van der Waals surface area (Å²) in [6, 6.07) is 6.29. The van der Waals surface area contributed by atoms with Crippen LogP contribution in [0.25, 0.3) is 11.0 Å². The first-order valence-corrected chi connectivity index (χ1v) is 12.2. The fourth-order valence-electron chi connectivity index (χ4n) is 5.01. The largest absolute Gasteiger partial charge is 0.453 e. The first-order valence-electron chi connectivity index (χ1n) is 12.2. The molecule has 3 aromatic rings. The summed E-state index contributed by atoms with van der Waals surface area (Å²) in [5.74, 6) is -0.0608. The number of amides is 1. The van der Waals surface area contributed by atoms with Crippen molar-refractivity contribution in [3.63, 3.8) is 0 Å². The van der Waals surface area contributed by atoms with Gasteiger partial charge in [0.25, 0.3) is 0 Å². The molecule has 186 valence electrons. The van der Waals surface area contributed by atoms with E-state index in [9.17, 15) is 9.18 Å². The lowest BCUT2D eigenvalue weighted by atomic mass is 10.0. The highest BCUT2D eigenvalue weighted by molar-refractivity contribution is 5.86. The number of carbonyl (C=O) groups excluding carboxylic acids is 1. The Morgan fingerprint density at radius 2 is 2.14 bits per heavy atom. The van der Waals surface area contributed by atoms with Crippen LogP contribution >= 0.6 is 0 Å². The topological polar surface area (TPSA) is 106 Å². The van der Waals surface area contributed by atoms with Crippen molar-refractivity contribution >= 4 is 16.9 Å². The Morgan fingerprint density at radius 1 is 1.31 bits per heavy atom. The quantitative estimate of drug-likeness (QED) is 0.479. The van der Waals surface area contributed by atoms with E-state index in [1.807, 2.05) is 13.1 Å². The predicted molar refractivity (Wildman–Crippen MR) is 131 cm³/mol. The lowest BCUT2D eigenvalue weighted by Crippen LogP contribution is -2.51. The number of likely N-dealkylation sites (tertiary alicyclic amines) is 1. The van der Waals surface area contributed by atoms with Gasteiger partial charge in [-0.05, 0) is 61.9 Å². The van der Waals surface area contributed by atoms with Crippen LogP contribution in [0.3, 0.4) is 0 Å². The molecule has 0 saturated carbocycles. The van der Waals surface area contributed by atoms with Gasteiger partial charge in [-0.3, -0.25) is 9.69 Å². The molecule has 4 heterocycles. The molecular formula is C26H32FN5O3. The molecule has 2 aromatic heterocycles. The Morgan fingerprint density at radius 3 is 2.89 bits per heavy atom. The third-order valence-corrected chi connectivity index (χ3v) is 7.04. The number of benzene rings is 1. The molecule has 8 nitrogen and oxygen atoms in total. The third kappa shape index (κ3) is 5.32. The maximum Gasteiger partial charge on any atom is 0.237 e. The number of halogens is 1. The second kappa shape index (κ2) is 10.3. The summed E-state index contributed by atoms with van der Waals surface area (Å²) >= 11 is 0. The van der Waals surface area contributed by atoms with Crippen LogP contribution in [0.1, 0.15) is 30.4 Å². The number of rotatable bonds is 7. The Labute approximate surface area is 204 Å². The van der Waals surface area contributed by atoms with E-state index >= 15 is 0 Å². The number of hydrogen-bond acceptors (Lipinski definition) is 6. The molecule has 0 bridgehead atoms. The molecule has 0 radical (unpaired) electrons. The average molecular weight is 482 g/mol. The van der Waals surface area contributed by atoms with E-state index in [-0.39, 0.29) is 24.1 Å². The molecule has 1 aromatic carbocycles. The number of hydrogen-bond donors (Lipinski definition) is 3. The van der Waals surface area contributed by atoms with Crippen LogP contribution in [0, 0.1) is 12.7 Å². The SMILES string of the molecule is Cc1c[nH]c2nccc(Oc3ccc(C[C@H](N)C(=O)NC4CCN(C5CCOC5)CC4)cc3F)c12. The fourth-order valence-corrected chi connectivity index (χ4v) is 5.01. The number of aromatic amines is 1. The van der Waals surface area contributed by atoms with E-state index in [0.29, 0.717) is 23.0 Å². The van der Waals surface area contributed by atoms with E-state index in [0.717, 1.165) is 56.5 Å². The van der Waals surface area contributed by atoms with Crippen LogP contribution in [0.15, 0.2) is 36.7 Å². The van der Waals surface area contributed by atoms with Gasteiger partial charge < -0.3 is 25.5 Å². The zero-order chi connectivity index (χ0) is 24.4. The third-order valence-electron chi connectivity index (χ3n) is 7.04. The summed E-state index contributed by atoms with van der Waals surface area (Å²) in [6.07, 6.45) is 6.59. The van der Waals surface area contributed by atoms with E-state index in [1.165, 1.54) is 6.07 Å². The van der Waals surface area contributed by atoms with Gasteiger partial charge >= 0.3 is 0 Å². The summed E-state index contributed by atoms with van der Waals surface area (Å²) in [7, 11) is 0. The highest BCUT2D eigenvalue weighted by Crippen LogP contribution is 2.32. The number of piperidine rings is 1. The van der Waals surface area contributed by atoms with Crippen molar-refractivity contribution in [2.24, 2.45) is 5.73 Å². The van der Waals surface area contributed by atoms with Gasteiger partial charge in [0.1, 0.15) is 11.4 Å². The van der Waals surface area contributed by atoms with E-state index < -0.39 is 11.9 Å². The second-order valence-corrected chi connectivity index (χ2v) is 9.52. The standard InChI is InChI=1S/C26H32FN5O3/c1-16-14-30-25-24(16)23(4-8-29-25)35-22-3-2-17(12-20(22)27)13-21(28)26(33)31-18-5-9-32(10-6-18)19-7-11-34-15-19/h2-4,8,12,14,18-19,21H,5-7,9-11,13,15,28H2,1H3,(H,29,30)(H,31,33)/t19?,21-/m0/s1. The van der Waals surface area contributed by atoms with E-state index in [2.05, 4.69) is 20.2 Å². The van der Waals surface area contributed by atoms with Crippen LogP contribution < -0.4 is 15.8 Å². The van der Waals surface area contributed by atoms with Gasteiger partial charge in [0.15, 0.2) is 11.6 Å². The molecule has 2 aliphatic rings. The number of H-pyrrole nitrogens is 1. The van der Waals surface area contributed by atoms with E-state index in [4.69, 9.17) is 15.2 Å². The van der Waals surface area contributed by atoms with Crippen LogP contribution in [0.4, 0.5) is 4.39 Å². The number of aryl methyl sites for hydroxylation is 1. The maximum atomic E-state index is 14.8. The van der Waals surface area contributed by atoms with Crippen LogP contribution in [-0.4, -0.2) is 65.2 Å². The smallest absolute Gasteiger partial charge is 0.237 e. The predicted octanol–water partition coefficient (Wildman–Crippen LogP) is 3.04. The molecule has 2 saturated heterocycles. The Kier molecular flexibility index (Phi) is 6.99. The lowest BCUT2D eigenvalue weighted by Gasteiger charge is -2.35. The first kappa shape index (κ1) is 23.7. The Balaban J connectivity index is 1.15. The number of ether oxygens (including phenoxy) is 2. The molecule has 5 rings (SSSR count). The zero-order valence-corrected chi connectivity index (χ0v) is 19.9. The van der Waals surface area contributed by atoms with Crippen molar-refractivity contribution in [2.75, 3.05) is 26.3 Å². The van der Waals surface area contributed by atoms with Crippen LogP contribution in [0.5, 0.6) is 11.5 Å². The monoisotopic (exact) mass is 481 g/mol. The summed E-state index contributed by atoms with van der Waals surface area (Å²) in [5.41, 5.74) is 8.47. The molecule has 35 heavy (non-hydrogen) atoms. The van der Waals surface area contributed by atoms with Gasteiger partial charge in [0, 0.05) is 44.2 Å². The maximum absolute atomic E-state index is 14.8. The van der Waals surface area contributed by atoms with Crippen molar-refractivity contribution in [1.29, 1.82) is 0 Å². The number of nitrogens with two attached hydrogens (primary N) is 1. The average Bonchev–Trinajstić information content (AvgIpc) is 3.52. The summed E-state index contributed by atoms with van der Waals surface area (Å²) in [4.78, 5) is 22.5. The fraction of sp³-hybridized carbons (Fsp3) is 0.462. The number of nitrogens with zero attached hydrogens (tertiary/aromatic N) is 2. The van der Waals surface area contributed by atoms with Gasteiger partial charge in [-0.2, -0.15) is 0 Å². The van der Waals surface area contributed by atoms with Crippen molar-refractivity contribution in [1.82, 2.24) is 20.2 Å². The molecule has 2 fully saturated rings. The number of pyridine rings is 1. The van der Waals surface area contributed by atoms with Gasteiger partial charge in [-0.25, -0.2) is 9.37 Å². The van der Waals surface area contributed by atoms with Crippen molar-refractivity contribution in [2.45, 2.75) is 50.7 Å². The van der Waals surface area contributed by atoms with Gasteiger partial charge in [0.05, 0.1) is 18.0 Å². The van der Waals surface area contributed by atoms with Gasteiger partial charge in [0.2, 0.25) is 5.91 Å². The molecule has 2 aliphatic heterocycles.